The Morgan fingerprint density at radius 1 is 1.40 bits per heavy atom. The summed E-state index contributed by atoms with van der Waals surface area (Å²) < 4.78 is 1.17. The molecule has 1 aliphatic heterocycles. The summed E-state index contributed by atoms with van der Waals surface area (Å²) in [4.78, 5) is 2.15. The minimum absolute atomic E-state index is 0.691. The monoisotopic (exact) mass is 268 g/mol. The summed E-state index contributed by atoms with van der Waals surface area (Å²) in [5.74, 6) is 0.691. The summed E-state index contributed by atoms with van der Waals surface area (Å²) in [6, 6.07) is 6.68. The van der Waals surface area contributed by atoms with E-state index >= 15 is 0 Å². The third kappa shape index (κ3) is 2.34. The highest BCUT2D eigenvalue weighted by Crippen LogP contribution is 2.31. The van der Waals surface area contributed by atoms with E-state index in [1.54, 1.807) is 0 Å². The Hall–Kier alpha value is -0.540. The van der Waals surface area contributed by atoms with Crippen molar-refractivity contribution in [3.63, 3.8) is 0 Å². The second-order valence-electron chi connectivity index (χ2n) is 4.29. The van der Waals surface area contributed by atoms with Crippen molar-refractivity contribution in [3.05, 3.63) is 28.2 Å². The molecule has 0 bridgehead atoms. The van der Waals surface area contributed by atoms with E-state index < -0.39 is 0 Å². The highest BCUT2D eigenvalue weighted by Gasteiger charge is 2.17. The van der Waals surface area contributed by atoms with Gasteiger partial charge in [-0.05, 0) is 52.5 Å². The Morgan fingerprint density at radius 3 is 2.80 bits per heavy atom. The first-order valence-electron chi connectivity index (χ1n) is 5.36. The van der Waals surface area contributed by atoms with Crippen LogP contribution >= 0.6 is 15.9 Å². The van der Waals surface area contributed by atoms with Crippen LogP contribution in [0.1, 0.15) is 17.9 Å². The van der Waals surface area contributed by atoms with Crippen LogP contribution in [-0.4, -0.2) is 27.2 Å². The molecule has 82 valence electrons. The van der Waals surface area contributed by atoms with Crippen molar-refractivity contribution in [2.45, 2.75) is 12.3 Å². The Labute approximate surface area is 99.8 Å². The second-order valence-corrected chi connectivity index (χ2v) is 5.15. The number of halogens is 1. The summed E-state index contributed by atoms with van der Waals surface area (Å²) in [7, 11) is 4.16. The molecule has 3 heteroatoms. The summed E-state index contributed by atoms with van der Waals surface area (Å²) in [5, 5.41) is 3.41. The van der Waals surface area contributed by atoms with Crippen LogP contribution in [0.25, 0.3) is 0 Å². The molecule has 0 aromatic heterocycles. The standard InChI is InChI=1S/C12H17BrN2/c1-15(2)12-7-9(3-4-11(12)13)10-5-6-14-8-10/h3-4,7,10,14H,5-6,8H2,1-2H3. The average Bonchev–Trinajstić information content (AvgIpc) is 2.71. The number of nitrogens with one attached hydrogen (secondary N) is 1. The number of benzene rings is 1. The van der Waals surface area contributed by atoms with Gasteiger partial charge in [0.1, 0.15) is 0 Å². The molecule has 1 aromatic rings. The molecule has 15 heavy (non-hydrogen) atoms. The molecule has 1 saturated heterocycles. The molecular formula is C12H17BrN2. The normalized spacial score (nSPS) is 20.6. The van der Waals surface area contributed by atoms with Gasteiger partial charge in [0.25, 0.3) is 0 Å². The van der Waals surface area contributed by atoms with Crippen molar-refractivity contribution in [3.8, 4) is 0 Å². The molecule has 2 rings (SSSR count). The number of rotatable bonds is 2. The molecule has 1 aliphatic rings. The van der Waals surface area contributed by atoms with Crippen molar-refractivity contribution >= 4 is 21.6 Å². The molecule has 0 amide bonds. The van der Waals surface area contributed by atoms with Crippen LogP contribution in [0.2, 0.25) is 0 Å². The third-order valence-corrected chi connectivity index (χ3v) is 3.65. The number of nitrogens with zero attached hydrogens (tertiary/aromatic N) is 1. The van der Waals surface area contributed by atoms with Crippen LogP contribution in [0.3, 0.4) is 0 Å². The molecule has 0 saturated carbocycles. The quantitative estimate of drug-likeness (QED) is 0.887. The number of hydrogen-bond acceptors (Lipinski definition) is 2. The van der Waals surface area contributed by atoms with E-state index in [9.17, 15) is 0 Å². The highest BCUT2D eigenvalue weighted by atomic mass is 79.9. The maximum atomic E-state index is 3.58. The van der Waals surface area contributed by atoms with Gasteiger partial charge in [0, 0.05) is 25.1 Å². The molecule has 0 spiro atoms. The lowest BCUT2D eigenvalue weighted by molar-refractivity contribution is 0.763. The van der Waals surface area contributed by atoms with Gasteiger partial charge < -0.3 is 10.2 Å². The van der Waals surface area contributed by atoms with Crippen LogP contribution in [0.15, 0.2) is 22.7 Å². The highest BCUT2D eigenvalue weighted by molar-refractivity contribution is 9.10. The Kier molecular flexibility index (Phi) is 3.32. The maximum absolute atomic E-state index is 3.58. The van der Waals surface area contributed by atoms with Crippen molar-refractivity contribution in [2.24, 2.45) is 0 Å². The smallest absolute Gasteiger partial charge is 0.0508 e. The Bertz CT molecular complexity index is 343. The second kappa shape index (κ2) is 4.54. The molecular weight excluding hydrogens is 252 g/mol. The average molecular weight is 269 g/mol. The lowest BCUT2D eigenvalue weighted by Crippen LogP contribution is -2.11. The van der Waals surface area contributed by atoms with Crippen LogP contribution in [0.5, 0.6) is 0 Å². The summed E-state index contributed by atoms with van der Waals surface area (Å²) in [6.07, 6.45) is 1.26. The van der Waals surface area contributed by atoms with Crippen LogP contribution < -0.4 is 10.2 Å². The SMILES string of the molecule is CN(C)c1cc(C2CCNC2)ccc1Br. The molecule has 1 fully saturated rings. The fourth-order valence-corrected chi connectivity index (χ4v) is 2.67. The molecule has 1 N–H and O–H groups in total. The Balaban J connectivity index is 2.29. The van der Waals surface area contributed by atoms with E-state index in [1.165, 1.54) is 22.1 Å². The lowest BCUT2D eigenvalue weighted by Gasteiger charge is -2.18. The number of hydrogen-bond donors (Lipinski definition) is 1. The van der Waals surface area contributed by atoms with Gasteiger partial charge in [-0.1, -0.05) is 6.07 Å². The van der Waals surface area contributed by atoms with Crippen LogP contribution in [0.4, 0.5) is 5.69 Å². The Morgan fingerprint density at radius 2 is 2.20 bits per heavy atom. The largest absolute Gasteiger partial charge is 0.377 e. The van der Waals surface area contributed by atoms with E-state index in [1.807, 2.05) is 0 Å². The lowest BCUT2D eigenvalue weighted by atomic mass is 9.98. The van der Waals surface area contributed by atoms with Gasteiger partial charge in [0.2, 0.25) is 0 Å². The minimum atomic E-state index is 0.691. The zero-order valence-corrected chi connectivity index (χ0v) is 10.8. The van der Waals surface area contributed by atoms with Crippen molar-refractivity contribution in [1.82, 2.24) is 5.32 Å². The first-order chi connectivity index (χ1) is 7.18. The van der Waals surface area contributed by atoms with Gasteiger partial charge in [-0.25, -0.2) is 0 Å². The van der Waals surface area contributed by atoms with Gasteiger partial charge in [0.05, 0.1) is 5.69 Å². The maximum Gasteiger partial charge on any atom is 0.0508 e. The van der Waals surface area contributed by atoms with Gasteiger partial charge in [-0.2, -0.15) is 0 Å². The van der Waals surface area contributed by atoms with Crippen LogP contribution in [0, 0.1) is 0 Å². The first-order valence-corrected chi connectivity index (χ1v) is 6.15. The summed E-state index contributed by atoms with van der Waals surface area (Å²) in [5.41, 5.74) is 2.71. The predicted molar refractivity (Wildman–Crippen MR) is 68.7 cm³/mol. The zero-order chi connectivity index (χ0) is 10.8. The van der Waals surface area contributed by atoms with Gasteiger partial charge in [0.15, 0.2) is 0 Å². The van der Waals surface area contributed by atoms with E-state index in [0.29, 0.717) is 5.92 Å². The molecule has 1 heterocycles. The van der Waals surface area contributed by atoms with Gasteiger partial charge in [-0.3, -0.25) is 0 Å². The van der Waals surface area contributed by atoms with Crippen molar-refractivity contribution in [1.29, 1.82) is 0 Å². The van der Waals surface area contributed by atoms with E-state index in [4.69, 9.17) is 0 Å². The molecule has 1 aromatic carbocycles. The van der Waals surface area contributed by atoms with Crippen molar-refractivity contribution < 1.29 is 0 Å². The first kappa shape index (κ1) is 11.0. The summed E-state index contributed by atoms with van der Waals surface area (Å²) >= 11 is 3.58. The minimum Gasteiger partial charge on any atom is -0.377 e. The molecule has 0 aliphatic carbocycles. The van der Waals surface area contributed by atoms with Gasteiger partial charge in [-0.15, -0.1) is 0 Å². The molecule has 1 atom stereocenters. The van der Waals surface area contributed by atoms with E-state index in [2.05, 4.69) is 58.4 Å². The third-order valence-electron chi connectivity index (χ3n) is 2.98. The fraction of sp³-hybridized carbons (Fsp3) is 0.500. The topological polar surface area (TPSA) is 15.3 Å². The van der Waals surface area contributed by atoms with Crippen molar-refractivity contribution in [2.75, 3.05) is 32.1 Å². The summed E-state index contributed by atoms with van der Waals surface area (Å²) in [6.45, 7) is 2.27. The van der Waals surface area contributed by atoms with Crippen LogP contribution in [-0.2, 0) is 0 Å². The fourth-order valence-electron chi connectivity index (χ4n) is 2.07. The van der Waals surface area contributed by atoms with Gasteiger partial charge >= 0.3 is 0 Å². The molecule has 1 unspecified atom stereocenters. The van der Waals surface area contributed by atoms with E-state index in [-0.39, 0.29) is 0 Å². The van der Waals surface area contributed by atoms with E-state index in [0.717, 1.165) is 13.1 Å². The predicted octanol–water partition coefficient (Wildman–Crippen LogP) is 2.59. The molecule has 0 radical (unpaired) electrons. The zero-order valence-electron chi connectivity index (χ0n) is 9.26. The molecule has 2 nitrogen and oxygen atoms in total. The number of anilines is 1.